The van der Waals surface area contributed by atoms with Gasteiger partial charge in [0.2, 0.25) is 11.8 Å². The summed E-state index contributed by atoms with van der Waals surface area (Å²) in [6, 6.07) is 2.42. The van der Waals surface area contributed by atoms with Crippen molar-refractivity contribution in [3.63, 3.8) is 0 Å². The fraction of sp³-hybridized carbons (Fsp3) is 0.609. The number of hydroxylamine groups is 2. The lowest BCUT2D eigenvalue weighted by molar-refractivity contribution is -0.187. The lowest BCUT2D eigenvalue weighted by atomic mass is 9.84. The number of hydrogen-bond acceptors (Lipinski definition) is 8. The Morgan fingerprint density at radius 1 is 1.06 bits per heavy atom. The van der Waals surface area contributed by atoms with Crippen LogP contribution in [0.2, 0.25) is 0 Å². The van der Waals surface area contributed by atoms with Gasteiger partial charge in [0.25, 0.3) is 5.91 Å². The SMILES string of the molecule is C=C1CCC(=O)N1OC(=O)CCC(C)(CC)OCCC(C)(CC)C(=O)On1c(O)ccc1O. The van der Waals surface area contributed by atoms with Crippen molar-refractivity contribution >= 4 is 17.8 Å². The van der Waals surface area contributed by atoms with Crippen molar-refractivity contribution in [2.75, 3.05) is 6.61 Å². The highest BCUT2D eigenvalue weighted by atomic mass is 16.7. The quantitative estimate of drug-likeness (QED) is 0.481. The standard InChI is InChI=1S/C23H34N2O8/c1-6-22(4,21(30)33-25-18(27)10-11-19(25)28)14-15-31-23(5,7-2)13-12-20(29)32-24-16(3)8-9-17(24)26/h10-11,27-28H,3,6-9,12-15H2,1-2,4-5H3. The molecular formula is C23H34N2O8. The lowest BCUT2D eigenvalue weighted by Gasteiger charge is -2.31. The summed E-state index contributed by atoms with van der Waals surface area (Å²) >= 11 is 0. The van der Waals surface area contributed by atoms with E-state index < -0.39 is 23.0 Å². The molecule has 2 N–H and O–H groups in total. The van der Waals surface area contributed by atoms with Crippen LogP contribution in [0.1, 0.15) is 72.6 Å². The van der Waals surface area contributed by atoms with E-state index in [0.29, 0.717) is 42.5 Å². The molecule has 1 aliphatic rings. The molecule has 2 atom stereocenters. The van der Waals surface area contributed by atoms with Gasteiger partial charge in [-0.05, 0) is 46.0 Å². The molecule has 1 amide bonds. The summed E-state index contributed by atoms with van der Waals surface area (Å²) in [6.07, 6.45) is 2.58. The highest BCUT2D eigenvalue weighted by Gasteiger charge is 2.36. The monoisotopic (exact) mass is 466 g/mol. The Morgan fingerprint density at radius 2 is 1.70 bits per heavy atom. The van der Waals surface area contributed by atoms with Crippen LogP contribution in [0.4, 0.5) is 0 Å². The third kappa shape index (κ3) is 6.50. The van der Waals surface area contributed by atoms with Crippen LogP contribution in [0.25, 0.3) is 0 Å². The number of carbonyl (C=O) groups is 3. The van der Waals surface area contributed by atoms with E-state index in [1.165, 1.54) is 12.1 Å². The number of carbonyl (C=O) groups excluding carboxylic acids is 3. The van der Waals surface area contributed by atoms with Crippen LogP contribution in [-0.2, 0) is 24.0 Å². The molecule has 2 heterocycles. The summed E-state index contributed by atoms with van der Waals surface area (Å²) in [6.45, 7) is 11.3. The number of nitrogens with zero attached hydrogens (tertiary/aromatic N) is 2. The Morgan fingerprint density at radius 3 is 2.21 bits per heavy atom. The van der Waals surface area contributed by atoms with E-state index >= 15 is 0 Å². The minimum Gasteiger partial charge on any atom is -0.492 e. The van der Waals surface area contributed by atoms with Crippen LogP contribution >= 0.6 is 0 Å². The van der Waals surface area contributed by atoms with Crippen LogP contribution in [0.15, 0.2) is 24.4 Å². The number of hydrogen-bond donors (Lipinski definition) is 2. The molecule has 0 aliphatic carbocycles. The van der Waals surface area contributed by atoms with E-state index in [0.717, 1.165) is 5.06 Å². The summed E-state index contributed by atoms with van der Waals surface area (Å²) in [4.78, 5) is 46.9. The van der Waals surface area contributed by atoms with E-state index in [1.54, 1.807) is 6.92 Å². The van der Waals surface area contributed by atoms with Gasteiger partial charge >= 0.3 is 11.9 Å². The Kier molecular flexibility index (Phi) is 8.54. The van der Waals surface area contributed by atoms with Crippen molar-refractivity contribution in [2.45, 2.75) is 78.2 Å². The largest absolute Gasteiger partial charge is 0.492 e. The first-order valence-corrected chi connectivity index (χ1v) is 11.1. The zero-order valence-electron chi connectivity index (χ0n) is 19.8. The number of aromatic hydroxyl groups is 2. The van der Waals surface area contributed by atoms with Crippen LogP contribution < -0.4 is 4.84 Å². The molecule has 184 valence electrons. The van der Waals surface area contributed by atoms with Gasteiger partial charge in [-0.2, -0.15) is 0 Å². The maximum absolute atomic E-state index is 12.7. The van der Waals surface area contributed by atoms with Crippen molar-refractivity contribution in [1.82, 2.24) is 9.79 Å². The van der Waals surface area contributed by atoms with Crippen LogP contribution in [0.5, 0.6) is 11.8 Å². The van der Waals surface area contributed by atoms with Gasteiger partial charge < -0.3 is 24.6 Å². The topological polar surface area (TPSA) is 128 Å². The third-order valence-electron chi connectivity index (χ3n) is 6.29. The highest BCUT2D eigenvalue weighted by Crippen LogP contribution is 2.31. The van der Waals surface area contributed by atoms with E-state index in [-0.39, 0.29) is 37.1 Å². The van der Waals surface area contributed by atoms with Gasteiger partial charge in [-0.15, -0.1) is 9.79 Å². The number of aromatic nitrogens is 1. The lowest BCUT2D eigenvalue weighted by Crippen LogP contribution is -2.38. The summed E-state index contributed by atoms with van der Waals surface area (Å²) in [7, 11) is 0. The molecule has 33 heavy (non-hydrogen) atoms. The highest BCUT2D eigenvalue weighted by molar-refractivity contribution is 5.82. The van der Waals surface area contributed by atoms with Crippen LogP contribution in [0, 0.1) is 5.41 Å². The molecule has 1 aromatic heterocycles. The second kappa shape index (κ2) is 10.7. The van der Waals surface area contributed by atoms with Crippen molar-refractivity contribution in [2.24, 2.45) is 5.41 Å². The van der Waals surface area contributed by atoms with Gasteiger partial charge in [-0.3, -0.25) is 4.79 Å². The summed E-state index contributed by atoms with van der Waals surface area (Å²) in [5.41, 5.74) is -1.09. The molecule has 0 radical (unpaired) electrons. The second-order valence-corrected chi connectivity index (χ2v) is 8.76. The number of allylic oxidation sites excluding steroid dienone is 1. The molecule has 0 aromatic carbocycles. The average Bonchev–Trinajstić information content (AvgIpc) is 3.27. The molecule has 0 bridgehead atoms. The van der Waals surface area contributed by atoms with Gasteiger partial charge in [0.1, 0.15) is 0 Å². The molecule has 1 saturated heterocycles. The van der Waals surface area contributed by atoms with Crippen LogP contribution in [0.3, 0.4) is 0 Å². The van der Waals surface area contributed by atoms with Crippen molar-refractivity contribution in [1.29, 1.82) is 0 Å². The predicted octanol–water partition coefficient (Wildman–Crippen LogP) is 3.22. The zero-order valence-corrected chi connectivity index (χ0v) is 19.8. The molecule has 10 nitrogen and oxygen atoms in total. The summed E-state index contributed by atoms with van der Waals surface area (Å²) in [5.74, 6) is -2.22. The Bertz CT molecular complexity index is 860. The van der Waals surface area contributed by atoms with E-state index in [4.69, 9.17) is 14.4 Å². The van der Waals surface area contributed by atoms with E-state index in [1.807, 2.05) is 20.8 Å². The Balaban J connectivity index is 1.87. The smallest absolute Gasteiger partial charge is 0.339 e. The first-order chi connectivity index (χ1) is 15.4. The Labute approximate surface area is 193 Å². The predicted molar refractivity (Wildman–Crippen MR) is 118 cm³/mol. The van der Waals surface area contributed by atoms with Gasteiger partial charge in [0.05, 0.1) is 23.1 Å². The maximum atomic E-state index is 12.7. The minimum absolute atomic E-state index is 0.0562. The summed E-state index contributed by atoms with van der Waals surface area (Å²) in [5, 5.41) is 20.3. The average molecular weight is 467 g/mol. The molecule has 10 heteroatoms. The number of ether oxygens (including phenoxy) is 1. The van der Waals surface area contributed by atoms with Crippen molar-refractivity contribution < 1.29 is 39.0 Å². The molecule has 0 spiro atoms. The number of amides is 1. The zero-order chi connectivity index (χ0) is 24.8. The molecule has 2 rings (SSSR count). The Hall–Kier alpha value is -3.01. The van der Waals surface area contributed by atoms with Crippen LogP contribution in [-0.4, -0.2) is 50.1 Å². The molecule has 2 unspecified atom stereocenters. The van der Waals surface area contributed by atoms with E-state index in [9.17, 15) is 24.6 Å². The molecular weight excluding hydrogens is 432 g/mol. The van der Waals surface area contributed by atoms with Gasteiger partial charge in [-0.1, -0.05) is 20.4 Å². The number of rotatable bonds is 12. The van der Waals surface area contributed by atoms with Crippen molar-refractivity contribution in [3.8, 4) is 11.8 Å². The van der Waals surface area contributed by atoms with Gasteiger partial charge in [0.15, 0.2) is 0 Å². The van der Waals surface area contributed by atoms with Crippen molar-refractivity contribution in [3.05, 3.63) is 24.4 Å². The first kappa shape index (κ1) is 26.2. The third-order valence-corrected chi connectivity index (χ3v) is 6.29. The fourth-order valence-electron chi connectivity index (χ4n) is 3.25. The van der Waals surface area contributed by atoms with Gasteiger partial charge in [0, 0.05) is 25.2 Å². The molecule has 1 aliphatic heterocycles. The van der Waals surface area contributed by atoms with Gasteiger partial charge in [-0.25, -0.2) is 9.59 Å². The summed E-state index contributed by atoms with van der Waals surface area (Å²) < 4.78 is 6.72. The second-order valence-electron chi connectivity index (χ2n) is 8.76. The van der Waals surface area contributed by atoms with E-state index in [2.05, 4.69) is 6.58 Å². The first-order valence-electron chi connectivity index (χ1n) is 11.1. The molecule has 0 saturated carbocycles. The minimum atomic E-state index is -0.923. The maximum Gasteiger partial charge on any atom is 0.339 e. The molecule has 1 fully saturated rings. The molecule has 1 aromatic rings. The normalized spacial score (nSPS) is 17.5. The fourth-order valence-corrected chi connectivity index (χ4v) is 3.25.